The number of fused-ring (bicyclic) bond motifs is 1. The van der Waals surface area contributed by atoms with Gasteiger partial charge in [0.15, 0.2) is 11.6 Å². The van der Waals surface area contributed by atoms with Crippen molar-refractivity contribution in [2.45, 2.75) is 51.9 Å². The minimum absolute atomic E-state index is 0.0194. The molecule has 2 aromatic heterocycles. The summed E-state index contributed by atoms with van der Waals surface area (Å²) < 4.78 is 14.5. The van der Waals surface area contributed by atoms with Crippen molar-refractivity contribution in [1.29, 1.82) is 0 Å². The fourth-order valence-electron chi connectivity index (χ4n) is 4.45. The quantitative estimate of drug-likeness (QED) is 0.711. The molecule has 2 aliphatic rings. The van der Waals surface area contributed by atoms with Crippen LogP contribution in [0.4, 0.5) is 4.39 Å². The molecule has 2 aliphatic carbocycles. The molecule has 1 fully saturated rings. The molecule has 1 saturated carbocycles. The van der Waals surface area contributed by atoms with Gasteiger partial charge in [-0.1, -0.05) is 37.4 Å². The predicted molar refractivity (Wildman–Crippen MR) is 106 cm³/mol. The summed E-state index contributed by atoms with van der Waals surface area (Å²) in [6.07, 6.45) is 10.6. The van der Waals surface area contributed by atoms with Crippen LogP contribution in [0.5, 0.6) is 0 Å². The van der Waals surface area contributed by atoms with Crippen molar-refractivity contribution in [3.05, 3.63) is 58.2 Å². The van der Waals surface area contributed by atoms with E-state index in [1.54, 1.807) is 6.20 Å². The lowest BCUT2D eigenvalue weighted by Crippen LogP contribution is -2.29. The molecule has 0 aliphatic heterocycles. The van der Waals surface area contributed by atoms with Crippen LogP contribution in [0.3, 0.4) is 0 Å². The Bertz CT molecular complexity index is 943. The zero-order valence-electron chi connectivity index (χ0n) is 15.9. The van der Waals surface area contributed by atoms with Crippen LogP contribution in [0, 0.1) is 17.7 Å². The molecule has 0 N–H and O–H groups in total. The fourth-order valence-corrected chi connectivity index (χ4v) is 4.60. The predicted octanol–water partition coefficient (Wildman–Crippen LogP) is 4.98. The second kappa shape index (κ2) is 8.08. The number of allylic oxidation sites excluding steroid dienone is 1. The van der Waals surface area contributed by atoms with Gasteiger partial charge in [-0.2, -0.15) is 0 Å². The van der Waals surface area contributed by atoms with E-state index in [1.165, 1.54) is 6.20 Å². The molecule has 0 unspecified atom stereocenters. The van der Waals surface area contributed by atoms with Crippen LogP contribution < -0.4 is 0 Å². The second-order valence-electron chi connectivity index (χ2n) is 7.63. The van der Waals surface area contributed by atoms with Crippen molar-refractivity contribution in [3.63, 3.8) is 0 Å². The molecule has 4 rings (SSSR count). The van der Waals surface area contributed by atoms with Crippen LogP contribution in [0.15, 0.2) is 24.5 Å². The summed E-state index contributed by atoms with van der Waals surface area (Å²) in [6, 6.07) is 1.85. The number of carbonyl (C=O) groups is 1. The van der Waals surface area contributed by atoms with Gasteiger partial charge in [0.05, 0.1) is 22.6 Å². The molecule has 0 saturated heterocycles. The van der Waals surface area contributed by atoms with E-state index in [0.29, 0.717) is 35.8 Å². The number of carbonyl (C=O) groups excluding carboxylic acids is 1. The first-order valence-electron chi connectivity index (χ1n) is 9.96. The molecular formula is C22H23ClFN3O. The lowest BCUT2D eigenvalue weighted by Gasteiger charge is -2.30. The minimum Gasteiger partial charge on any atom is -0.299 e. The van der Waals surface area contributed by atoms with Gasteiger partial charge in [0.25, 0.3) is 0 Å². The highest BCUT2D eigenvalue weighted by Crippen LogP contribution is 2.35. The molecule has 0 radical (unpaired) electrons. The molecular weight excluding hydrogens is 377 g/mol. The normalized spacial score (nSPS) is 21.3. The van der Waals surface area contributed by atoms with E-state index in [1.807, 2.05) is 19.1 Å². The van der Waals surface area contributed by atoms with Gasteiger partial charge in [-0.15, -0.1) is 0 Å². The van der Waals surface area contributed by atoms with Crippen LogP contribution in [0.1, 0.15) is 61.8 Å². The standard InChI is InChI=1S/C22H23ClFN3O/c1-2-21(28)15-6-4-3-5-13(15)9-20-18(24)12-26-22(27-20)16-7-8-19-17(16)10-14(23)11-25-19/h7,10-13,15H,2-6,8-9H2,1H3/t13-,15-/m1/s1. The van der Waals surface area contributed by atoms with Crippen molar-refractivity contribution < 1.29 is 9.18 Å². The van der Waals surface area contributed by atoms with E-state index in [9.17, 15) is 9.18 Å². The van der Waals surface area contributed by atoms with Crippen molar-refractivity contribution >= 4 is 23.0 Å². The summed E-state index contributed by atoms with van der Waals surface area (Å²) in [5.41, 5.74) is 3.07. The highest BCUT2D eigenvalue weighted by molar-refractivity contribution is 6.30. The van der Waals surface area contributed by atoms with E-state index in [2.05, 4.69) is 15.0 Å². The van der Waals surface area contributed by atoms with Crippen LogP contribution in [0.2, 0.25) is 5.02 Å². The molecule has 0 aromatic carbocycles. The Morgan fingerprint density at radius 2 is 2.07 bits per heavy atom. The Balaban J connectivity index is 1.62. The van der Waals surface area contributed by atoms with Crippen molar-refractivity contribution in [1.82, 2.24) is 15.0 Å². The third-order valence-electron chi connectivity index (χ3n) is 5.91. The number of rotatable bonds is 5. The SMILES string of the molecule is CCC(=O)[C@@H]1CCCC[C@@H]1Cc1nc(C2=CCc3ncc(Cl)cc32)ncc1F. The first-order chi connectivity index (χ1) is 13.6. The third-order valence-corrected chi connectivity index (χ3v) is 6.12. The lowest BCUT2D eigenvalue weighted by atomic mass is 9.74. The topological polar surface area (TPSA) is 55.7 Å². The highest BCUT2D eigenvalue weighted by Gasteiger charge is 2.31. The van der Waals surface area contributed by atoms with E-state index in [4.69, 9.17) is 11.6 Å². The van der Waals surface area contributed by atoms with Gasteiger partial charge >= 0.3 is 0 Å². The van der Waals surface area contributed by atoms with Gasteiger partial charge in [-0.05, 0) is 31.2 Å². The average Bonchev–Trinajstić information content (AvgIpc) is 3.12. The smallest absolute Gasteiger partial charge is 0.163 e. The van der Waals surface area contributed by atoms with Gasteiger partial charge < -0.3 is 0 Å². The van der Waals surface area contributed by atoms with Crippen LogP contribution >= 0.6 is 11.6 Å². The largest absolute Gasteiger partial charge is 0.299 e. The van der Waals surface area contributed by atoms with Gasteiger partial charge in [-0.3, -0.25) is 9.78 Å². The molecule has 4 nitrogen and oxygen atoms in total. The molecule has 2 atom stereocenters. The van der Waals surface area contributed by atoms with Gasteiger partial charge in [0, 0.05) is 36.1 Å². The lowest BCUT2D eigenvalue weighted by molar-refractivity contribution is -0.125. The summed E-state index contributed by atoms with van der Waals surface area (Å²) in [7, 11) is 0. The monoisotopic (exact) mass is 399 g/mol. The maximum atomic E-state index is 14.5. The molecule has 0 bridgehead atoms. The van der Waals surface area contributed by atoms with E-state index < -0.39 is 5.82 Å². The van der Waals surface area contributed by atoms with Crippen LogP contribution in [0.25, 0.3) is 5.57 Å². The highest BCUT2D eigenvalue weighted by atomic mass is 35.5. The summed E-state index contributed by atoms with van der Waals surface area (Å²) in [6.45, 7) is 1.90. The average molecular weight is 400 g/mol. The van der Waals surface area contributed by atoms with Gasteiger partial charge in [0.2, 0.25) is 0 Å². The molecule has 2 heterocycles. The third kappa shape index (κ3) is 3.72. The molecule has 6 heteroatoms. The maximum absolute atomic E-state index is 14.5. The van der Waals surface area contributed by atoms with E-state index >= 15 is 0 Å². The molecule has 2 aromatic rings. The Labute approximate surface area is 169 Å². The van der Waals surface area contributed by atoms with Crippen molar-refractivity contribution in [2.75, 3.05) is 0 Å². The minimum atomic E-state index is -0.403. The molecule has 28 heavy (non-hydrogen) atoms. The number of hydrogen-bond donors (Lipinski definition) is 0. The second-order valence-corrected chi connectivity index (χ2v) is 8.07. The Morgan fingerprint density at radius 3 is 2.89 bits per heavy atom. The number of Topliss-reactive ketones (excluding diaryl/α,β-unsaturated/α-hetero) is 1. The van der Waals surface area contributed by atoms with Crippen molar-refractivity contribution in [3.8, 4) is 0 Å². The Morgan fingerprint density at radius 1 is 1.25 bits per heavy atom. The zero-order valence-corrected chi connectivity index (χ0v) is 16.7. The van der Waals surface area contributed by atoms with Crippen LogP contribution in [-0.4, -0.2) is 20.7 Å². The number of ketones is 1. The summed E-state index contributed by atoms with van der Waals surface area (Å²) in [5, 5.41) is 0.553. The number of pyridine rings is 1. The van der Waals surface area contributed by atoms with Gasteiger partial charge in [0.1, 0.15) is 5.78 Å². The van der Waals surface area contributed by atoms with Gasteiger partial charge in [-0.25, -0.2) is 14.4 Å². The number of nitrogens with zero attached hydrogens (tertiary/aromatic N) is 3. The number of hydrogen-bond acceptors (Lipinski definition) is 4. The van der Waals surface area contributed by atoms with E-state index in [0.717, 1.165) is 42.5 Å². The molecule has 0 spiro atoms. The first kappa shape index (κ1) is 19.2. The number of halogens is 2. The van der Waals surface area contributed by atoms with Crippen LogP contribution in [-0.2, 0) is 17.6 Å². The molecule has 146 valence electrons. The zero-order chi connectivity index (χ0) is 19.7. The number of aromatic nitrogens is 3. The Hall–Kier alpha value is -2.14. The maximum Gasteiger partial charge on any atom is 0.163 e. The van der Waals surface area contributed by atoms with E-state index in [-0.39, 0.29) is 17.6 Å². The molecule has 0 amide bonds. The summed E-state index contributed by atoms with van der Waals surface area (Å²) in [5.74, 6) is 0.548. The first-order valence-corrected chi connectivity index (χ1v) is 10.3. The van der Waals surface area contributed by atoms with Crippen molar-refractivity contribution in [2.24, 2.45) is 11.8 Å². The fraction of sp³-hybridized carbons (Fsp3) is 0.455. The summed E-state index contributed by atoms with van der Waals surface area (Å²) in [4.78, 5) is 25.5. The summed E-state index contributed by atoms with van der Waals surface area (Å²) >= 11 is 6.10. The Kier molecular flexibility index (Phi) is 5.54.